The van der Waals surface area contributed by atoms with Crippen LogP contribution in [0.15, 0.2) is 72.1 Å². The maximum atomic E-state index is 12.9. The van der Waals surface area contributed by atoms with Gasteiger partial charge in [0.05, 0.1) is 15.9 Å². The van der Waals surface area contributed by atoms with Gasteiger partial charge < -0.3 is 9.47 Å². The first-order valence-corrected chi connectivity index (χ1v) is 9.37. The monoisotopic (exact) mass is 361 g/mol. The Kier molecular flexibility index (Phi) is 4.54. The number of likely N-dealkylation sites (N-methyl/N-ethyl adjacent to an activating group) is 1. The fourth-order valence-corrected chi connectivity index (χ4v) is 3.75. The summed E-state index contributed by atoms with van der Waals surface area (Å²) in [7, 11) is 1.85. The van der Waals surface area contributed by atoms with E-state index in [1.54, 1.807) is 16.2 Å². The minimum absolute atomic E-state index is 0.0646. The van der Waals surface area contributed by atoms with Crippen LogP contribution in [0.2, 0.25) is 0 Å². The van der Waals surface area contributed by atoms with Crippen molar-refractivity contribution >= 4 is 28.3 Å². The second kappa shape index (κ2) is 7.14. The minimum atomic E-state index is 0.0646. The molecule has 0 unspecified atom stereocenters. The molecule has 2 aromatic carbocycles. The highest BCUT2D eigenvalue weighted by Gasteiger charge is 2.17. The highest BCUT2D eigenvalue weighted by molar-refractivity contribution is 7.13. The minimum Gasteiger partial charge on any atom is -0.340 e. The van der Waals surface area contributed by atoms with Crippen molar-refractivity contribution in [2.45, 2.75) is 13.1 Å². The van der Waals surface area contributed by atoms with Crippen molar-refractivity contribution in [1.29, 1.82) is 0 Å². The Morgan fingerprint density at radius 1 is 1.04 bits per heavy atom. The van der Waals surface area contributed by atoms with Crippen LogP contribution in [-0.4, -0.2) is 27.4 Å². The van der Waals surface area contributed by atoms with Crippen LogP contribution in [0.4, 0.5) is 0 Å². The van der Waals surface area contributed by atoms with Gasteiger partial charge in [0.15, 0.2) is 5.82 Å². The fourth-order valence-electron chi connectivity index (χ4n) is 3.03. The van der Waals surface area contributed by atoms with E-state index >= 15 is 0 Å². The summed E-state index contributed by atoms with van der Waals surface area (Å²) < 4.78 is 2.02. The van der Waals surface area contributed by atoms with Crippen molar-refractivity contribution < 1.29 is 4.79 Å². The van der Waals surface area contributed by atoms with Gasteiger partial charge in [0.25, 0.3) is 0 Å². The highest BCUT2D eigenvalue weighted by Crippen LogP contribution is 2.28. The zero-order valence-corrected chi connectivity index (χ0v) is 15.3. The lowest BCUT2D eigenvalue weighted by molar-refractivity contribution is -0.130. The lowest BCUT2D eigenvalue weighted by Crippen LogP contribution is -2.29. The van der Waals surface area contributed by atoms with Crippen LogP contribution in [0.1, 0.15) is 5.56 Å². The molecule has 0 saturated carbocycles. The summed E-state index contributed by atoms with van der Waals surface area (Å²) >= 11 is 1.64. The molecule has 0 spiro atoms. The van der Waals surface area contributed by atoms with E-state index in [4.69, 9.17) is 4.98 Å². The number of nitrogens with zero attached hydrogens (tertiary/aromatic N) is 3. The molecule has 0 aliphatic rings. The Morgan fingerprint density at radius 3 is 2.58 bits per heavy atom. The van der Waals surface area contributed by atoms with Gasteiger partial charge in [-0.3, -0.25) is 4.79 Å². The molecule has 4 nitrogen and oxygen atoms in total. The first-order valence-electron chi connectivity index (χ1n) is 8.49. The standard InChI is InChI=1S/C21H19N3OS/c1-23(14-16-8-3-2-4-9-16)20(25)15-24-18-11-6-5-10-17(18)22-21(24)19-12-7-13-26-19/h2-13H,14-15H2,1H3. The van der Waals surface area contributed by atoms with Crippen molar-refractivity contribution in [1.82, 2.24) is 14.5 Å². The predicted molar refractivity (Wildman–Crippen MR) is 106 cm³/mol. The van der Waals surface area contributed by atoms with Gasteiger partial charge in [-0.2, -0.15) is 0 Å². The highest BCUT2D eigenvalue weighted by atomic mass is 32.1. The van der Waals surface area contributed by atoms with Gasteiger partial charge in [-0.05, 0) is 29.1 Å². The van der Waals surface area contributed by atoms with E-state index in [9.17, 15) is 4.79 Å². The summed E-state index contributed by atoms with van der Waals surface area (Å²) in [6, 6.07) is 22.0. The zero-order chi connectivity index (χ0) is 17.9. The largest absolute Gasteiger partial charge is 0.340 e. The smallest absolute Gasteiger partial charge is 0.242 e. The van der Waals surface area contributed by atoms with Crippen molar-refractivity contribution in [2.24, 2.45) is 0 Å². The summed E-state index contributed by atoms with van der Waals surface area (Å²) in [6.07, 6.45) is 0. The van der Waals surface area contributed by atoms with E-state index in [1.807, 2.05) is 83.7 Å². The van der Waals surface area contributed by atoms with Gasteiger partial charge in [-0.15, -0.1) is 11.3 Å². The third-order valence-corrected chi connectivity index (χ3v) is 5.24. The van der Waals surface area contributed by atoms with Crippen LogP contribution in [0.25, 0.3) is 21.7 Å². The molecule has 0 bridgehead atoms. The number of carbonyl (C=O) groups excluding carboxylic acids is 1. The number of amides is 1. The molecule has 2 heterocycles. The van der Waals surface area contributed by atoms with Gasteiger partial charge >= 0.3 is 0 Å². The number of fused-ring (bicyclic) bond motifs is 1. The van der Waals surface area contributed by atoms with Crippen molar-refractivity contribution in [3.63, 3.8) is 0 Å². The second-order valence-corrected chi connectivity index (χ2v) is 7.17. The van der Waals surface area contributed by atoms with Crippen molar-refractivity contribution in [3.8, 4) is 10.7 Å². The normalized spacial score (nSPS) is 11.0. The summed E-state index contributed by atoms with van der Waals surface area (Å²) in [6.45, 7) is 0.873. The first kappa shape index (κ1) is 16.5. The molecule has 0 fully saturated rings. The fraction of sp³-hybridized carbons (Fsp3) is 0.143. The Labute approximate surface area is 156 Å². The number of carbonyl (C=O) groups is 1. The summed E-state index contributed by atoms with van der Waals surface area (Å²) in [5.41, 5.74) is 3.02. The summed E-state index contributed by atoms with van der Waals surface area (Å²) in [5, 5.41) is 2.03. The molecule has 0 atom stereocenters. The molecule has 4 aromatic rings. The van der Waals surface area contributed by atoms with Gasteiger partial charge in [0, 0.05) is 13.6 Å². The lowest BCUT2D eigenvalue weighted by atomic mass is 10.2. The second-order valence-electron chi connectivity index (χ2n) is 6.22. The van der Waals surface area contributed by atoms with E-state index in [0.717, 1.165) is 27.3 Å². The van der Waals surface area contributed by atoms with Crippen LogP contribution in [-0.2, 0) is 17.9 Å². The molecule has 26 heavy (non-hydrogen) atoms. The molecule has 0 N–H and O–H groups in total. The number of thiophene rings is 1. The molecule has 0 saturated heterocycles. The van der Waals surface area contributed by atoms with Gasteiger partial charge in [0.1, 0.15) is 6.54 Å². The van der Waals surface area contributed by atoms with E-state index in [1.165, 1.54) is 0 Å². The third kappa shape index (κ3) is 3.26. The van der Waals surface area contributed by atoms with Gasteiger partial charge in [0.2, 0.25) is 5.91 Å². The summed E-state index contributed by atoms with van der Waals surface area (Å²) in [4.78, 5) is 20.5. The SMILES string of the molecule is CN(Cc1ccccc1)C(=O)Cn1c(-c2cccs2)nc2ccccc21. The molecule has 4 rings (SSSR count). The molecular formula is C21H19N3OS. The molecule has 1 amide bonds. The number of rotatable bonds is 5. The predicted octanol–water partition coefficient (Wildman–Crippen LogP) is 4.42. The Bertz CT molecular complexity index is 1020. The molecule has 0 radical (unpaired) electrons. The number of hydrogen-bond donors (Lipinski definition) is 0. The molecule has 0 aliphatic carbocycles. The quantitative estimate of drug-likeness (QED) is 0.528. The maximum Gasteiger partial charge on any atom is 0.242 e. The van der Waals surface area contributed by atoms with Crippen molar-refractivity contribution in [3.05, 3.63) is 77.7 Å². The van der Waals surface area contributed by atoms with Crippen LogP contribution in [0.3, 0.4) is 0 Å². The summed E-state index contributed by atoms with van der Waals surface area (Å²) in [5.74, 6) is 0.914. The van der Waals surface area contributed by atoms with E-state index in [0.29, 0.717) is 6.54 Å². The van der Waals surface area contributed by atoms with E-state index < -0.39 is 0 Å². The van der Waals surface area contributed by atoms with E-state index in [2.05, 4.69) is 0 Å². The Balaban J connectivity index is 1.64. The Hall–Kier alpha value is -2.92. The molecule has 0 aliphatic heterocycles. The molecule has 2 aromatic heterocycles. The third-order valence-electron chi connectivity index (χ3n) is 4.38. The van der Waals surface area contributed by atoms with Gasteiger partial charge in [-0.1, -0.05) is 48.5 Å². The number of hydrogen-bond acceptors (Lipinski definition) is 3. The van der Waals surface area contributed by atoms with Crippen LogP contribution >= 0.6 is 11.3 Å². The molecule has 130 valence electrons. The molecule has 5 heteroatoms. The lowest BCUT2D eigenvalue weighted by Gasteiger charge is -2.18. The number of para-hydroxylation sites is 2. The number of benzene rings is 2. The van der Waals surface area contributed by atoms with Crippen molar-refractivity contribution in [2.75, 3.05) is 7.05 Å². The van der Waals surface area contributed by atoms with Crippen LogP contribution in [0, 0.1) is 0 Å². The van der Waals surface area contributed by atoms with Crippen LogP contribution in [0.5, 0.6) is 0 Å². The zero-order valence-electron chi connectivity index (χ0n) is 14.5. The van der Waals surface area contributed by atoms with E-state index in [-0.39, 0.29) is 12.5 Å². The number of imidazole rings is 1. The maximum absolute atomic E-state index is 12.9. The van der Waals surface area contributed by atoms with Crippen LogP contribution < -0.4 is 0 Å². The average molecular weight is 361 g/mol. The number of aromatic nitrogens is 2. The average Bonchev–Trinajstić information content (AvgIpc) is 3.31. The molecular weight excluding hydrogens is 342 g/mol. The first-order chi connectivity index (χ1) is 12.7. The topological polar surface area (TPSA) is 38.1 Å². The van der Waals surface area contributed by atoms with Gasteiger partial charge in [-0.25, -0.2) is 4.98 Å². The Morgan fingerprint density at radius 2 is 1.81 bits per heavy atom.